The molecule has 2 N–H and O–H groups in total. The second-order valence-corrected chi connectivity index (χ2v) is 4.22. The molecule has 0 radical (unpaired) electrons. The molecule has 1 atom stereocenters. The number of unbranched alkanes of at least 4 members (excludes halogenated alkanes) is 1. The Morgan fingerprint density at radius 1 is 0.900 bits per heavy atom. The molecule has 0 aromatic rings. The van der Waals surface area contributed by atoms with E-state index < -0.39 is 0 Å². The van der Waals surface area contributed by atoms with Crippen molar-refractivity contribution in [1.82, 2.24) is 0 Å². The van der Waals surface area contributed by atoms with E-state index in [2.05, 4.69) is 11.7 Å². The van der Waals surface area contributed by atoms with Crippen LogP contribution in [0.1, 0.15) is 26.7 Å². The Labute approximate surface area is 123 Å². The summed E-state index contributed by atoms with van der Waals surface area (Å²) < 4.78 is 20.1. The predicted molar refractivity (Wildman–Crippen MR) is 78.0 cm³/mol. The highest BCUT2D eigenvalue weighted by molar-refractivity contribution is 4.37. The summed E-state index contributed by atoms with van der Waals surface area (Å²) >= 11 is 0. The molecular formula is C14H32O6. The standard InChI is InChI=1S/C10H22O4.C4H10O2/c1-2-3-5-12-7-9-14-10-8-13-6-4-11;1-4(5)3-6-2/h11H,2-10H2,1H3;4-5H,3H2,1-2H3. The van der Waals surface area contributed by atoms with Crippen LogP contribution in [0, 0.1) is 0 Å². The minimum atomic E-state index is -0.324. The third-order valence-corrected chi connectivity index (χ3v) is 2.03. The van der Waals surface area contributed by atoms with Crippen LogP contribution in [-0.2, 0) is 18.9 Å². The van der Waals surface area contributed by atoms with Gasteiger partial charge in [0.15, 0.2) is 0 Å². The molecule has 1 unspecified atom stereocenters. The fourth-order valence-corrected chi connectivity index (χ4v) is 1.09. The Morgan fingerprint density at radius 2 is 1.40 bits per heavy atom. The van der Waals surface area contributed by atoms with Gasteiger partial charge in [0.1, 0.15) is 0 Å². The summed E-state index contributed by atoms with van der Waals surface area (Å²) in [5, 5.41) is 16.8. The van der Waals surface area contributed by atoms with E-state index in [-0.39, 0.29) is 12.7 Å². The Balaban J connectivity index is 0. The average molecular weight is 296 g/mol. The van der Waals surface area contributed by atoms with Gasteiger partial charge in [0.05, 0.1) is 52.4 Å². The number of hydrogen-bond donors (Lipinski definition) is 2. The summed E-state index contributed by atoms with van der Waals surface area (Å²) in [6, 6.07) is 0. The van der Waals surface area contributed by atoms with Crippen LogP contribution in [0.3, 0.4) is 0 Å². The molecule has 0 aromatic heterocycles. The van der Waals surface area contributed by atoms with Gasteiger partial charge in [0.2, 0.25) is 0 Å². The molecule has 0 heterocycles. The van der Waals surface area contributed by atoms with Crippen molar-refractivity contribution < 1.29 is 29.2 Å². The third kappa shape index (κ3) is 26.3. The molecule has 6 nitrogen and oxygen atoms in total. The lowest BCUT2D eigenvalue weighted by molar-refractivity contribution is 0.00735. The molecule has 6 heteroatoms. The van der Waals surface area contributed by atoms with Gasteiger partial charge in [-0.1, -0.05) is 13.3 Å². The van der Waals surface area contributed by atoms with Gasteiger partial charge in [-0.15, -0.1) is 0 Å². The smallest absolute Gasteiger partial charge is 0.0745 e. The summed E-state index contributed by atoms with van der Waals surface area (Å²) in [7, 11) is 1.56. The summed E-state index contributed by atoms with van der Waals surface area (Å²) in [6.45, 7) is 7.90. The van der Waals surface area contributed by atoms with E-state index in [0.29, 0.717) is 39.6 Å². The molecule has 0 aromatic carbocycles. The van der Waals surface area contributed by atoms with Crippen LogP contribution in [0.25, 0.3) is 0 Å². The lowest BCUT2D eigenvalue weighted by atomic mass is 10.4. The number of methoxy groups -OCH3 is 1. The molecule has 0 fully saturated rings. The fraction of sp³-hybridized carbons (Fsp3) is 1.00. The highest BCUT2D eigenvalue weighted by Gasteiger charge is 1.90. The van der Waals surface area contributed by atoms with Crippen molar-refractivity contribution in [3.63, 3.8) is 0 Å². The molecule has 0 aliphatic heterocycles. The molecule has 0 aliphatic carbocycles. The van der Waals surface area contributed by atoms with Crippen LogP contribution in [0.5, 0.6) is 0 Å². The van der Waals surface area contributed by atoms with Crippen molar-refractivity contribution in [2.24, 2.45) is 0 Å². The molecule has 0 bridgehead atoms. The van der Waals surface area contributed by atoms with Gasteiger partial charge in [0, 0.05) is 13.7 Å². The van der Waals surface area contributed by atoms with Crippen LogP contribution in [-0.4, -0.2) is 76.3 Å². The summed E-state index contributed by atoms with van der Waals surface area (Å²) in [4.78, 5) is 0. The normalized spacial score (nSPS) is 11.8. The Hall–Kier alpha value is -0.240. The molecular weight excluding hydrogens is 264 g/mol. The monoisotopic (exact) mass is 296 g/mol. The second kappa shape index (κ2) is 21.1. The van der Waals surface area contributed by atoms with Gasteiger partial charge < -0.3 is 29.2 Å². The minimum Gasteiger partial charge on any atom is -0.394 e. The van der Waals surface area contributed by atoms with E-state index in [1.165, 1.54) is 0 Å². The number of rotatable bonds is 13. The zero-order valence-corrected chi connectivity index (χ0v) is 13.2. The fourth-order valence-electron chi connectivity index (χ4n) is 1.09. The van der Waals surface area contributed by atoms with Crippen molar-refractivity contribution in [3.8, 4) is 0 Å². The third-order valence-electron chi connectivity index (χ3n) is 2.03. The Bertz CT molecular complexity index is 143. The van der Waals surface area contributed by atoms with Gasteiger partial charge >= 0.3 is 0 Å². The van der Waals surface area contributed by atoms with Crippen LogP contribution < -0.4 is 0 Å². The first kappa shape index (κ1) is 22.0. The maximum Gasteiger partial charge on any atom is 0.0745 e. The summed E-state index contributed by atoms with van der Waals surface area (Å²) in [6.07, 6.45) is 1.95. The van der Waals surface area contributed by atoms with Gasteiger partial charge in [-0.3, -0.25) is 0 Å². The van der Waals surface area contributed by atoms with E-state index >= 15 is 0 Å². The quantitative estimate of drug-likeness (QED) is 0.491. The number of aliphatic hydroxyl groups is 2. The van der Waals surface area contributed by atoms with Gasteiger partial charge in [-0.05, 0) is 13.3 Å². The predicted octanol–water partition coefficient (Wildman–Crippen LogP) is 0.842. The summed E-state index contributed by atoms with van der Waals surface area (Å²) in [5.41, 5.74) is 0. The van der Waals surface area contributed by atoms with Crippen molar-refractivity contribution in [2.45, 2.75) is 32.8 Å². The highest BCUT2D eigenvalue weighted by Crippen LogP contribution is 1.87. The van der Waals surface area contributed by atoms with Gasteiger partial charge in [-0.2, -0.15) is 0 Å². The van der Waals surface area contributed by atoms with Crippen LogP contribution in [0.4, 0.5) is 0 Å². The zero-order chi connectivity index (χ0) is 15.5. The average Bonchev–Trinajstić information content (AvgIpc) is 2.41. The molecule has 0 saturated heterocycles. The largest absolute Gasteiger partial charge is 0.394 e. The molecule has 0 rings (SSSR count). The van der Waals surface area contributed by atoms with E-state index in [1.54, 1.807) is 14.0 Å². The molecule has 0 amide bonds. The minimum absolute atomic E-state index is 0.0696. The molecule has 0 aliphatic rings. The van der Waals surface area contributed by atoms with Gasteiger partial charge in [-0.25, -0.2) is 0 Å². The second-order valence-electron chi connectivity index (χ2n) is 4.22. The van der Waals surface area contributed by atoms with Crippen molar-refractivity contribution in [3.05, 3.63) is 0 Å². The summed E-state index contributed by atoms with van der Waals surface area (Å²) in [5.74, 6) is 0. The van der Waals surface area contributed by atoms with E-state index in [0.717, 1.165) is 19.4 Å². The number of ether oxygens (including phenoxy) is 4. The van der Waals surface area contributed by atoms with E-state index in [1.807, 2.05) is 0 Å². The lowest BCUT2D eigenvalue weighted by Crippen LogP contribution is -2.11. The first-order valence-electron chi connectivity index (χ1n) is 7.20. The van der Waals surface area contributed by atoms with E-state index in [9.17, 15) is 0 Å². The van der Waals surface area contributed by atoms with Gasteiger partial charge in [0.25, 0.3) is 0 Å². The highest BCUT2D eigenvalue weighted by atomic mass is 16.5. The molecule has 0 spiro atoms. The van der Waals surface area contributed by atoms with Crippen molar-refractivity contribution in [2.75, 3.05) is 60.0 Å². The van der Waals surface area contributed by atoms with Crippen molar-refractivity contribution >= 4 is 0 Å². The van der Waals surface area contributed by atoms with Crippen LogP contribution in [0.2, 0.25) is 0 Å². The lowest BCUT2D eigenvalue weighted by Gasteiger charge is -2.05. The maximum absolute atomic E-state index is 8.43. The molecule has 20 heavy (non-hydrogen) atoms. The Kier molecular flexibility index (Phi) is 23.2. The number of aliphatic hydroxyl groups excluding tert-OH is 2. The van der Waals surface area contributed by atoms with Crippen LogP contribution in [0.15, 0.2) is 0 Å². The Morgan fingerprint density at radius 3 is 1.75 bits per heavy atom. The SMILES string of the molecule is CCCCOCCOCCOCCO.COCC(C)O. The topological polar surface area (TPSA) is 77.4 Å². The number of hydrogen-bond acceptors (Lipinski definition) is 6. The first-order valence-corrected chi connectivity index (χ1v) is 7.20. The zero-order valence-electron chi connectivity index (χ0n) is 13.2. The van der Waals surface area contributed by atoms with E-state index in [4.69, 9.17) is 24.4 Å². The molecule has 124 valence electrons. The van der Waals surface area contributed by atoms with Crippen LogP contribution >= 0.6 is 0 Å². The molecule has 0 saturated carbocycles. The first-order chi connectivity index (χ1) is 9.68. The van der Waals surface area contributed by atoms with Crippen molar-refractivity contribution in [1.29, 1.82) is 0 Å². The maximum atomic E-state index is 8.43.